The maximum absolute atomic E-state index is 11.8. The quantitative estimate of drug-likeness (QED) is 0.826. The lowest BCUT2D eigenvalue weighted by Crippen LogP contribution is -2.57. The Bertz CT molecular complexity index is 415. The molecule has 0 spiro atoms. The first-order chi connectivity index (χ1) is 6.60. The summed E-state index contributed by atoms with van der Waals surface area (Å²) in [5, 5.41) is 0. The van der Waals surface area contributed by atoms with E-state index >= 15 is 0 Å². The van der Waals surface area contributed by atoms with Gasteiger partial charge in [-0.3, -0.25) is 0 Å². The van der Waals surface area contributed by atoms with Crippen LogP contribution in [0.2, 0.25) is 0 Å². The first-order valence-corrected chi connectivity index (χ1v) is 5.85. The third-order valence-electron chi connectivity index (χ3n) is 2.26. The molecule has 84 valence electrons. The monoisotopic (exact) mass is 248 g/mol. The van der Waals surface area contributed by atoms with Gasteiger partial charge in [0.05, 0.1) is 4.90 Å². The summed E-state index contributed by atoms with van der Waals surface area (Å²) in [4.78, 5) is 0.340. The highest BCUT2D eigenvalue weighted by atomic mass is 35.5. The van der Waals surface area contributed by atoms with Crippen molar-refractivity contribution in [2.75, 3.05) is 13.1 Å². The minimum atomic E-state index is -3.28. The lowest BCUT2D eigenvalue weighted by atomic mass is 10.2. The molecule has 2 N–H and O–H groups in total. The Morgan fingerprint density at radius 1 is 1.20 bits per heavy atom. The van der Waals surface area contributed by atoms with Crippen molar-refractivity contribution in [3.63, 3.8) is 0 Å². The van der Waals surface area contributed by atoms with E-state index in [1.807, 2.05) is 0 Å². The number of hydrogen-bond acceptors (Lipinski definition) is 3. The van der Waals surface area contributed by atoms with Gasteiger partial charge in [0, 0.05) is 19.1 Å². The predicted molar refractivity (Wildman–Crippen MR) is 60.4 cm³/mol. The first-order valence-electron chi connectivity index (χ1n) is 4.41. The summed E-state index contributed by atoms with van der Waals surface area (Å²) in [5.41, 5.74) is 5.54. The van der Waals surface area contributed by atoms with E-state index in [1.165, 1.54) is 4.31 Å². The van der Waals surface area contributed by atoms with Crippen LogP contribution in [0.25, 0.3) is 0 Å². The molecule has 0 aromatic heterocycles. The van der Waals surface area contributed by atoms with Gasteiger partial charge in [-0.2, -0.15) is 4.31 Å². The number of halogens is 1. The Kier molecular flexibility index (Phi) is 3.72. The van der Waals surface area contributed by atoms with E-state index in [1.54, 1.807) is 30.3 Å². The number of nitrogens with two attached hydrogens (primary N) is 1. The lowest BCUT2D eigenvalue weighted by Gasteiger charge is -2.35. The van der Waals surface area contributed by atoms with E-state index < -0.39 is 10.0 Å². The molecule has 0 saturated carbocycles. The second kappa shape index (κ2) is 4.49. The van der Waals surface area contributed by atoms with Gasteiger partial charge in [-0.1, -0.05) is 18.2 Å². The molecule has 6 heteroatoms. The van der Waals surface area contributed by atoms with Crippen molar-refractivity contribution < 1.29 is 8.42 Å². The van der Waals surface area contributed by atoms with Gasteiger partial charge in [0.1, 0.15) is 0 Å². The highest BCUT2D eigenvalue weighted by Crippen LogP contribution is 2.19. The zero-order valence-electron chi connectivity index (χ0n) is 8.04. The topological polar surface area (TPSA) is 63.4 Å². The van der Waals surface area contributed by atoms with E-state index in [4.69, 9.17) is 5.73 Å². The second-order valence-corrected chi connectivity index (χ2v) is 5.33. The molecule has 1 saturated heterocycles. The molecule has 0 unspecified atom stereocenters. The van der Waals surface area contributed by atoms with E-state index in [0.717, 1.165) is 0 Å². The van der Waals surface area contributed by atoms with Crippen molar-refractivity contribution >= 4 is 22.4 Å². The summed E-state index contributed by atoms with van der Waals surface area (Å²) < 4.78 is 25.1. The van der Waals surface area contributed by atoms with Crippen LogP contribution >= 0.6 is 12.4 Å². The molecule has 0 atom stereocenters. The summed E-state index contributed by atoms with van der Waals surface area (Å²) in [6, 6.07) is 8.41. The van der Waals surface area contributed by atoms with Crippen LogP contribution < -0.4 is 5.73 Å². The van der Waals surface area contributed by atoms with Gasteiger partial charge in [0.25, 0.3) is 0 Å². The Morgan fingerprint density at radius 2 is 1.73 bits per heavy atom. The van der Waals surface area contributed by atoms with Gasteiger partial charge in [0.15, 0.2) is 0 Å². The van der Waals surface area contributed by atoms with Crippen molar-refractivity contribution in [1.82, 2.24) is 4.31 Å². The molecule has 1 aliphatic heterocycles. The molecule has 1 fully saturated rings. The third-order valence-corrected chi connectivity index (χ3v) is 4.10. The fourth-order valence-corrected chi connectivity index (χ4v) is 2.98. The summed E-state index contributed by atoms with van der Waals surface area (Å²) in [7, 11) is -3.28. The maximum atomic E-state index is 11.8. The Labute approximate surface area is 95.5 Å². The lowest BCUT2D eigenvalue weighted by molar-refractivity contribution is 0.265. The van der Waals surface area contributed by atoms with Crippen molar-refractivity contribution in [1.29, 1.82) is 0 Å². The number of benzene rings is 1. The highest BCUT2D eigenvalue weighted by molar-refractivity contribution is 7.89. The average Bonchev–Trinajstić information content (AvgIpc) is 2.14. The van der Waals surface area contributed by atoms with Crippen LogP contribution in [0.3, 0.4) is 0 Å². The van der Waals surface area contributed by atoms with Crippen LogP contribution in [0, 0.1) is 0 Å². The van der Waals surface area contributed by atoms with Crippen LogP contribution in [0.15, 0.2) is 35.2 Å². The first kappa shape index (κ1) is 12.4. The molecule has 1 aliphatic rings. The zero-order chi connectivity index (χ0) is 10.2. The molecule has 1 heterocycles. The smallest absolute Gasteiger partial charge is 0.243 e. The van der Waals surface area contributed by atoms with Gasteiger partial charge in [-0.15, -0.1) is 12.4 Å². The molecule has 0 aliphatic carbocycles. The highest BCUT2D eigenvalue weighted by Gasteiger charge is 2.34. The van der Waals surface area contributed by atoms with Crippen molar-refractivity contribution in [3.8, 4) is 0 Å². The normalized spacial score (nSPS) is 17.9. The summed E-state index contributed by atoms with van der Waals surface area (Å²) in [5.74, 6) is 0. The maximum Gasteiger partial charge on any atom is 0.243 e. The van der Waals surface area contributed by atoms with E-state index in [0.29, 0.717) is 18.0 Å². The van der Waals surface area contributed by atoms with E-state index in [9.17, 15) is 8.42 Å². The Balaban J connectivity index is 0.00000112. The third kappa shape index (κ3) is 2.31. The molecule has 4 nitrogen and oxygen atoms in total. The largest absolute Gasteiger partial charge is 0.325 e. The minimum absolute atomic E-state index is 0. The van der Waals surface area contributed by atoms with Crippen molar-refractivity contribution in [2.45, 2.75) is 10.9 Å². The van der Waals surface area contributed by atoms with E-state index in [2.05, 4.69) is 0 Å². The van der Waals surface area contributed by atoms with Crippen LogP contribution in [0.5, 0.6) is 0 Å². The standard InChI is InChI=1S/C9H12N2O2S.ClH/c10-8-6-11(7-8)14(12,13)9-4-2-1-3-5-9;/h1-5,8H,6-7,10H2;1H. The molecule has 1 aromatic rings. The van der Waals surface area contributed by atoms with Gasteiger partial charge in [-0.25, -0.2) is 8.42 Å². The SMILES string of the molecule is Cl.NC1CN(S(=O)(=O)c2ccccc2)C1. The number of hydrogen-bond donors (Lipinski definition) is 1. The van der Waals surface area contributed by atoms with Gasteiger partial charge < -0.3 is 5.73 Å². The van der Waals surface area contributed by atoms with Gasteiger partial charge >= 0.3 is 0 Å². The number of nitrogens with zero attached hydrogens (tertiary/aromatic N) is 1. The van der Waals surface area contributed by atoms with Crippen LogP contribution in [0.1, 0.15) is 0 Å². The molecular formula is C9H13ClN2O2S. The van der Waals surface area contributed by atoms with E-state index in [-0.39, 0.29) is 18.4 Å². The fraction of sp³-hybridized carbons (Fsp3) is 0.333. The van der Waals surface area contributed by atoms with Crippen LogP contribution in [-0.2, 0) is 10.0 Å². The van der Waals surface area contributed by atoms with Gasteiger partial charge in [0.2, 0.25) is 10.0 Å². The average molecular weight is 249 g/mol. The summed E-state index contributed by atoms with van der Waals surface area (Å²) in [6.07, 6.45) is 0. The van der Waals surface area contributed by atoms with Crippen molar-refractivity contribution in [2.24, 2.45) is 5.73 Å². The summed E-state index contributed by atoms with van der Waals surface area (Å²) in [6.45, 7) is 0.856. The number of sulfonamides is 1. The van der Waals surface area contributed by atoms with Gasteiger partial charge in [-0.05, 0) is 12.1 Å². The fourth-order valence-electron chi connectivity index (χ4n) is 1.41. The molecule has 0 radical (unpaired) electrons. The minimum Gasteiger partial charge on any atom is -0.325 e. The molecule has 1 aromatic carbocycles. The second-order valence-electron chi connectivity index (χ2n) is 3.40. The predicted octanol–water partition coefficient (Wildman–Crippen LogP) is 0.440. The Morgan fingerprint density at radius 3 is 2.20 bits per heavy atom. The zero-order valence-corrected chi connectivity index (χ0v) is 9.67. The molecule has 2 rings (SSSR count). The van der Waals surface area contributed by atoms with Crippen LogP contribution in [-0.4, -0.2) is 31.9 Å². The van der Waals surface area contributed by atoms with Crippen molar-refractivity contribution in [3.05, 3.63) is 30.3 Å². The van der Waals surface area contributed by atoms with Crippen LogP contribution in [0.4, 0.5) is 0 Å². The summed E-state index contributed by atoms with van der Waals surface area (Å²) >= 11 is 0. The number of rotatable bonds is 2. The molecule has 15 heavy (non-hydrogen) atoms. The molecular weight excluding hydrogens is 236 g/mol. The Hall–Kier alpha value is -0.620. The molecule has 0 amide bonds. The molecule has 0 bridgehead atoms.